The number of nitrogens with one attached hydrogen (secondary N) is 1. The van der Waals surface area contributed by atoms with E-state index in [4.69, 9.17) is 0 Å². The minimum absolute atomic E-state index is 0.0570. The fourth-order valence-corrected chi connectivity index (χ4v) is 4.08. The second kappa shape index (κ2) is 7.25. The Kier molecular flexibility index (Phi) is 4.40. The smallest absolute Gasteiger partial charge is 0.300 e. The number of aliphatic hydroxyl groups is 1. The molecule has 0 radical (unpaired) electrons. The molecular weight excluding hydrogens is 390 g/mol. The standard InChI is InChI=1S/C25H19N3O3/c1-15-6-8-17(9-7-15)28-22(19-14-27-20-5-3-2-4-18(19)20)21(24(30)25(28)31)23(29)16-10-12-26-13-11-16/h2-14,22,27,29H,1H3/b23-21+. The number of hydrogen-bond acceptors (Lipinski definition) is 4. The SMILES string of the molecule is Cc1ccc(N2C(=O)C(=O)/C(=C(/O)c3ccncc3)C2c2c[nH]c3ccccc23)cc1. The van der Waals surface area contributed by atoms with E-state index in [0.717, 1.165) is 22.0 Å². The predicted molar refractivity (Wildman–Crippen MR) is 118 cm³/mol. The molecule has 31 heavy (non-hydrogen) atoms. The number of nitrogens with zero attached hydrogens (tertiary/aromatic N) is 2. The van der Waals surface area contributed by atoms with Gasteiger partial charge in [0.2, 0.25) is 0 Å². The quantitative estimate of drug-likeness (QED) is 0.296. The zero-order chi connectivity index (χ0) is 21.5. The molecule has 1 atom stereocenters. The van der Waals surface area contributed by atoms with Gasteiger partial charge in [-0.05, 0) is 37.3 Å². The van der Waals surface area contributed by atoms with Gasteiger partial charge in [-0.2, -0.15) is 0 Å². The van der Waals surface area contributed by atoms with Crippen molar-refractivity contribution in [2.24, 2.45) is 0 Å². The Labute approximate surface area is 178 Å². The summed E-state index contributed by atoms with van der Waals surface area (Å²) in [6, 6.07) is 17.5. The summed E-state index contributed by atoms with van der Waals surface area (Å²) >= 11 is 0. The first-order valence-electron chi connectivity index (χ1n) is 9.90. The van der Waals surface area contributed by atoms with Gasteiger partial charge >= 0.3 is 0 Å². The van der Waals surface area contributed by atoms with Gasteiger partial charge in [-0.15, -0.1) is 0 Å². The molecule has 6 nitrogen and oxygen atoms in total. The Hall–Kier alpha value is -4.19. The van der Waals surface area contributed by atoms with Gasteiger partial charge in [0.1, 0.15) is 5.76 Å². The number of para-hydroxylation sites is 1. The number of rotatable bonds is 3. The minimum Gasteiger partial charge on any atom is -0.507 e. The zero-order valence-electron chi connectivity index (χ0n) is 16.7. The molecule has 3 heterocycles. The van der Waals surface area contributed by atoms with Crippen molar-refractivity contribution in [3.63, 3.8) is 0 Å². The second-order valence-corrected chi connectivity index (χ2v) is 7.53. The van der Waals surface area contributed by atoms with E-state index in [0.29, 0.717) is 11.3 Å². The number of aryl methyl sites for hydroxylation is 1. The molecule has 5 rings (SSSR count). The topological polar surface area (TPSA) is 86.3 Å². The van der Waals surface area contributed by atoms with Gasteiger partial charge in [-0.1, -0.05) is 35.9 Å². The number of benzene rings is 2. The Morgan fingerprint density at radius 1 is 1.00 bits per heavy atom. The molecule has 0 bridgehead atoms. The lowest BCUT2D eigenvalue weighted by Crippen LogP contribution is -2.29. The third-order valence-electron chi connectivity index (χ3n) is 5.63. The number of aromatic nitrogens is 2. The van der Waals surface area contributed by atoms with Crippen molar-refractivity contribution in [2.45, 2.75) is 13.0 Å². The summed E-state index contributed by atoms with van der Waals surface area (Å²) in [5.74, 6) is -1.61. The van der Waals surface area contributed by atoms with Gasteiger partial charge in [0.25, 0.3) is 11.7 Å². The van der Waals surface area contributed by atoms with Crippen LogP contribution < -0.4 is 4.90 Å². The highest BCUT2D eigenvalue weighted by Gasteiger charge is 2.47. The largest absolute Gasteiger partial charge is 0.507 e. The first-order valence-corrected chi connectivity index (χ1v) is 9.90. The van der Waals surface area contributed by atoms with Crippen LogP contribution in [0.3, 0.4) is 0 Å². The molecule has 1 saturated heterocycles. The van der Waals surface area contributed by atoms with Crippen LogP contribution in [0.2, 0.25) is 0 Å². The predicted octanol–water partition coefficient (Wildman–Crippen LogP) is 4.50. The highest BCUT2D eigenvalue weighted by molar-refractivity contribution is 6.51. The third-order valence-corrected chi connectivity index (χ3v) is 5.63. The van der Waals surface area contributed by atoms with E-state index in [1.54, 1.807) is 18.3 Å². The lowest BCUT2D eigenvalue weighted by Gasteiger charge is -2.25. The average Bonchev–Trinajstić information content (AvgIpc) is 3.33. The number of amides is 1. The van der Waals surface area contributed by atoms with Crippen LogP contribution in [0.25, 0.3) is 16.7 Å². The molecule has 2 aromatic heterocycles. The molecule has 4 aromatic rings. The van der Waals surface area contributed by atoms with Gasteiger partial charge in [-0.25, -0.2) is 0 Å². The van der Waals surface area contributed by atoms with Crippen LogP contribution in [-0.2, 0) is 9.59 Å². The molecular formula is C25H19N3O3. The molecule has 1 amide bonds. The van der Waals surface area contributed by atoms with Crippen LogP contribution in [0.5, 0.6) is 0 Å². The number of anilines is 1. The number of hydrogen-bond donors (Lipinski definition) is 2. The zero-order valence-corrected chi connectivity index (χ0v) is 16.7. The van der Waals surface area contributed by atoms with Crippen LogP contribution in [0.1, 0.15) is 22.7 Å². The number of carbonyl (C=O) groups is 2. The summed E-state index contributed by atoms with van der Waals surface area (Å²) in [6.07, 6.45) is 4.86. The molecule has 0 aliphatic carbocycles. The molecule has 2 aromatic carbocycles. The maximum Gasteiger partial charge on any atom is 0.300 e. The van der Waals surface area contributed by atoms with Crippen LogP contribution in [0, 0.1) is 6.92 Å². The minimum atomic E-state index is -0.771. The molecule has 0 saturated carbocycles. The van der Waals surface area contributed by atoms with Crippen molar-refractivity contribution in [3.8, 4) is 0 Å². The van der Waals surface area contributed by atoms with E-state index in [2.05, 4.69) is 9.97 Å². The van der Waals surface area contributed by atoms with Gasteiger partial charge < -0.3 is 10.1 Å². The maximum absolute atomic E-state index is 13.2. The van der Waals surface area contributed by atoms with Crippen molar-refractivity contribution >= 4 is 34.0 Å². The summed E-state index contributed by atoms with van der Waals surface area (Å²) in [5, 5.41) is 12.0. The van der Waals surface area contributed by atoms with Crippen LogP contribution in [0.4, 0.5) is 5.69 Å². The molecule has 1 unspecified atom stereocenters. The number of carbonyl (C=O) groups excluding carboxylic acids is 2. The lowest BCUT2D eigenvalue weighted by atomic mass is 9.95. The summed E-state index contributed by atoms with van der Waals surface area (Å²) in [6.45, 7) is 1.96. The molecule has 6 heteroatoms. The van der Waals surface area contributed by atoms with Gasteiger partial charge in [0.05, 0.1) is 11.6 Å². The van der Waals surface area contributed by atoms with Crippen molar-refractivity contribution in [3.05, 3.63) is 102 Å². The van der Waals surface area contributed by atoms with Crippen molar-refractivity contribution in [1.29, 1.82) is 0 Å². The number of pyridine rings is 1. The van der Waals surface area contributed by atoms with Gasteiger partial charge in [-0.3, -0.25) is 19.5 Å². The van der Waals surface area contributed by atoms with E-state index in [-0.39, 0.29) is 11.3 Å². The second-order valence-electron chi connectivity index (χ2n) is 7.53. The van der Waals surface area contributed by atoms with Crippen LogP contribution >= 0.6 is 0 Å². The van der Waals surface area contributed by atoms with E-state index in [1.807, 2.05) is 55.5 Å². The number of H-pyrrole nitrogens is 1. The molecule has 1 aliphatic heterocycles. The molecule has 2 N–H and O–H groups in total. The lowest BCUT2D eigenvalue weighted by molar-refractivity contribution is -0.132. The van der Waals surface area contributed by atoms with Gasteiger partial charge in [0.15, 0.2) is 0 Å². The molecule has 1 aliphatic rings. The number of fused-ring (bicyclic) bond motifs is 1. The average molecular weight is 409 g/mol. The normalized spacial score (nSPS) is 18.1. The monoisotopic (exact) mass is 409 g/mol. The summed E-state index contributed by atoms with van der Waals surface area (Å²) in [7, 11) is 0. The highest BCUT2D eigenvalue weighted by atomic mass is 16.3. The maximum atomic E-state index is 13.2. The van der Waals surface area contributed by atoms with E-state index in [9.17, 15) is 14.7 Å². The van der Waals surface area contributed by atoms with Gasteiger partial charge in [0, 0.05) is 46.3 Å². The van der Waals surface area contributed by atoms with Crippen molar-refractivity contribution < 1.29 is 14.7 Å². The number of Topliss-reactive ketones (excluding diaryl/α,β-unsaturated/α-hetero) is 1. The van der Waals surface area contributed by atoms with Crippen molar-refractivity contribution in [2.75, 3.05) is 4.90 Å². The Morgan fingerprint density at radius 3 is 2.45 bits per heavy atom. The number of ketones is 1. The highest BCUT2D eigenvalue weighted by Crippen LogP contribution is 2.44. The van der Waals surface area contributed by atoms with E-state index in [1.165, 1.54) is 17.3 Å². The first-order chi connectivity index (χ1) is 15.1. The molecule has 152 valence electrons. The van der Waals surface area contributed by atoms with E-state index < -0.39 is 17.7 Å². The fourth-order valence-electron chi connectivity index (χ4n) is 4.08. The Bertz CT molecular complexity index is 1340. The number of aromatic amines is 1. The number of aliphatic hydroxyl groups excluding tert-OH is 1. The van der Waals surface area contributed by atoms with Crippen LogP contribution in [0.15, 0.2) is 84.8 Å². The molecule has 1 fully saturated rings. The third kappa shape index (κ3) is 3.00. The molecule has 0 spiro atoms. The Balaban J connectivity index is 1.78. The first kappa shape index (κ1) is 18.8. The summed E-state index contributed by atoms with van der Waals surface area (Å²) < 4.78 is 0. The van der Waals surface area contributed by atoms with Crippen LogP contribution in [-0.4, -0.2) is 26.8 Å². The van der Waals surface area contributed by atoms with E-state index >= 15 is 0 Å². The fraction of sp³-hybridized carbons (Fsp3) is 0.0800. The summed E-state index contributed by atoms with van der Waals surface area (Å²) in [4.78, 5) is 35.0. The Morgan fingerprint density at radius 2 is 1.71 bits per heavy atom. The van der Waals surface area contributed by atoms with Crippen molar-refractivity contribution in [1.82, 2.24) is 9.97 Å². The summed E-state index contributed by atoms with van der Waals surface area (Å²) in [5.41, 5.74) is 3.75.